The van der Waals surface area contributed by atoms with Crippen molar-refractivity contribution in [1.82, 2.24) is 10.2 Å². The zero-order valence-corrected chi connectivity index (χ0v) is 14.7. The molecule has 1 amide bonds. The van der Waals surface area contributed by atoms with Crippen molar-refractivity contribution >= 4 is 5.91 Å². The minimum atomic E-state index is 0.101. The molecule has 1 aliphatic rings. The highest BCUT2D eigenvalue weighted by Crippen LogP contribution is 2.19. The van der Waals surface area contributed by atoms with Crippen LogP contribution in [0.15, 0.2) is 18.2 Å². The van der Waals surface area contributed by atoms with Crippen LogP contribution in [0.4, 0.5) is 0 Å². The van der Waals surface area contributed by atoms with Gasteiger partial charge in [-0.3, -0.25) is 4.79 Å². The number of likely N-dealkylation sites (tertiary alicyclic amines) is 1. The van der Waals surface area contributed by atoms with Crippen LogP contribution >= 0.6 is 0 Å². The van der Waals surface area contributed by atoms with Gasteiger partial charge in [0.1, 0.15) is 5.75 Å². The summed E-state index contributed by atoms with van der Waals surface area (Å²) in [4.78, 5) is 14.5. The smallest absolute Gasteiger partial charge is 0.223 e. The molecule has 4 nitrogen and oxygen atoms in total. The largest absolute Gasteiger partial charge is 0.493 e. The van der Waals surface area contributed by atoms with E-state index in [1.807, 2.05) is 19.9 Å². The van der Waals surface area contributed by atoms with Crippen LogP contribution in [-0.4, -0.2) is 43.1 Å². The third-order valence-electron chi connectivity index (χ3n) is 4.42. The van der Waals surface area contributed by atoms with E-state index in [0.29, 0.717) is 19.1 Å². The topological polar surface area (TPSA) is 41.6 Å². The Labute approximate surface area is 140 Å². The van der Waals surface area contributed by atoms with Gasteiger partial charge in [-0.1, -0.05) is 19.1 Å². The monoisotopic (exact) mass is 318 g/mol. The minimum absolute atomic E-state index is 0.101. The maximum Gasteiger partial charge on any atom is 0.223 e. The molecule has 1 aromatic rings. The van der Waals surface area contributed by atoms with Crippen molar-refractivity contribution in [1.29, 1.82) is 0 Å². The Morgan fingerprint density at radius 3 is 2.74 bits per heavy atom. The predicted molar refractivity (Wildman–Crippen MR) is 93.9 cm³/mol. The third kappa shape index (κ3) is 5.87. The van der Waals surface area contributed by atoms with E-state index >= 15 is 0 Å². The molecule has 128 valence electrons. The summed E-state index contributed by atoms with van der Waals surface area (Å²) >= 11 is 0. The fourth-order valence-electron chi connectivity index (χ4n) is 3.03. The lowest BCUT2D eigenvalue weighted by molar-refractivity contribution is -0.122. The maximum atomic E-state index is 12.1. The first-order valence-electron chi connectivity index (χ1n) is 8.80. The summed E-state index contributed by atoms with van der Waals surface area (Å²) in [5, 5.41) is 3.15. The second-order valence-electron chi connectivity index (χ2n) is 6.55. The first-order valence-corrected chi connectivity index (χ1v) is 8.80. The van der Waals surface area contributed by atoms with Gasteiger partial charge in [-0.25, -0.2) is 0 Å². The lowest BCUT2D eigenvalue weighted by Crippen LogP contribution is -2.45. The van der Waals surface area contributed by atoms with E-state index in [9.17, 15) is 4.79 Å². The number of nitrogens with one attached hydrogen (secondary N) is 1. The van der Waals surface area contributed by atoms with Crippen molar-refractivity contribution in [2.24, 2.45) is 0 Å². The summed E-state index contributed by atoms with van der Waals surface area (Å²) in [6.45, 7) is 10.1. The van der Waals surface area contributed by atoms with Crippen molar-refractivity contribution in [3.63, 3.8) is 0 Å². The van der Waals surface area contributed by atoms with Gasteiger partial charge in [0.15, 0.2) is 0 Å². The Kier molecular flexibility index (Phi) is 6.90. The number of rotatable bonds is 7. The first kappa shape index (κ1) is 17.8. The molecule has 0 unspecified atom stereocenters. The summed E-state index contributed by atoms with van der Waals surface area (Å²) in [6, 6.07) is 6.47. The van der Waals surface area contributed by atoms with Crippen molar-refractivity contribution in [2.45, 2.75) is 52.5 Å². The highest BCUT2D eigenvalue weighted by molar-refractivity contribution is 5.76. The standard InChI is InChI=1S/C19H30N2O2/c1-4-10-21-11-7-17(8-12-21)20-19(22)9-13-23-18-14-15(2)5-6-16(18)3/h5-6,14,17H,4,7-13H2,1-3H3,(H,20,22). The van der Waals surface area contributed by atoms with Gasteiger partial charge < -0.3 is 15.0 Å². The number of amides is 1. The van der Waals surface area contributed by atoms with Crippen molar-refractivity contribution in [2.75, 3.05) is 26.2 Å². The van der Waals surface area contributed by atoms with Crippen LogP contribution in [0.2, 0.25) is 0 Å². The minimum Gasteiger partial charge on any atom is -0.493 e. The number of aryl methyl sites for hydroxylation is 2. The number of nitrogens with zero attached hydrogens (tertiary/aromatic N) is 1. The molecule has 0 bridgehead atoms. The van der Waals surface area contributed by atoms with E-state index in [0.717, 1.165) is 37.2 Å². The zero-order valence-electron chi connectivity index (χ0n) is 14.7. The molecule has 1 N–H and O–H groups in total. The first-order chi connectivity index (χ1) is 11.1. The van der Waals surface area contributed by atoms with E-state index in [-0.39, 0.29) is 5.91 Å². The Balaban J connectivity index is 1.67. The molecule has 1 aromatic carbocycles. The summed E-state index contributed by atoms with van der Waals surface area (Å²) in [6.07, 6.45) is 3.74. The van der Waals surface area contributed by atoms with E-state index in [1.165, 1.54) is 18.5 Å². The number of benzene rings is 1. The molecule has 1 fully saturated rings. The summed E-state index contributed by atoms with van der Waals surface area (Å²) in [5.74, 6) is 0.981. The number of hydrogen-bond acceptors (Lipinski definition) is 3. The molecule has 0 aromatic heterocycles. The SMILES string of the molecule is CCCN1CCC(NC(=O)CCOc2cc(C)ccc2C)CC1. The van der Waals surface area contributed by atoms with E-state index in [2.05, 4.69) is 29.3 Å². The lowest BCUT2D eigenvalue weighted by atomic mass is 10.0. The normalized spacial score (nSPS) is 16.3. The average Bonchev–Trinajstić information content (AvgIpc) is 2.53. The number of ether oxygens (including phenoxy) is 1. The molecule has 0 aliphatic carbocycles. The van der Waals surface area contributed by atoms with Gasteiger partial charge in [0.25, 0.3) is 0 Å². The fraction of sp³-hybridized carbons (Fsp3) is 0.632. The predicted octanol–water partition coefficient (Wildman–Crippen LogP) is 3.06. The van der Waals surface area contributed by atoms with Gasteiger partial charge in [-0.05, 0) is 56.8 Å². The molecule has 1 saturated heterocycles. The van der Waals surface area contributed by atoms with Gasteiger partial charge in [0.2, 0.25) is 5.91 Å². The Morgan fingerprint density at radius 2 is 2.04 bits per heavy atom. The zero-order chi connectivity index (χ0) is 16.7. The van der Waals surface area contributed by atoms with E-state index < -0.39 is 0 Å². The van der Waals surface area contributed by atoms with Crippen molar-refractivity contribution < 1.29 is 9.53 Å². The fourth-order valence-corrected chi connectivity index (χ4v) is 3.03. The van der Waals surface area contributed by atoms with Crippen LogP contribution in [0.1, 0.15) is 43.7 Å². The highest BCUT2D eigenvalue weighted by Gasteiger charge is 2.19. The van der Waals surface area contributed by atoms with Crippen LogP contribution in [-0.2, 0) is 4.79 Å². The molecule has 4 heteroatoms. The van der Waals surface area contributed by atoms with Gasteiger partial charge in [-0.15, -0.1) is 0 Å². The van der Waals surface area contributed by atoms with Gasteiger partial charge in [-0.2, -0.15) is 0 Å². The molecule has 23 heavy (non-hydrogen) atoms. The van der Waals surface area contributed by atoms with Gasteiger partial charge >= 0.3 is 0 Å². The second-order valence-corrected chi connectivity index (χ2v) is 6.55. The van der Waals surface area contributed by atoms with Crippen molar-refractivity contribution in [3.8, 4) is 5.75 Å². The molecular formula is C19H30N2O2. The molecule has 0 radical (unpaired) electrons. The number of carbonyl (C=O) groups excluding carboxylic acids is 1. The molecule has 1 heterocycles. The molecule has 2 rings (SSSR count). The van der Waals surface area contributed by atoms with Gasteiger partial charge in [0, 0.05) is 19.1 Å². The van der Waals surface area contributed by atoms with Crippen LogP contribution < -0.4 is 10.1 Å². The van der Waals surface area contributed by atoms with E-state index in [4.69, 9.17) is 4.74 Å². The quantitative estimate of drug-likeness (QED) is 0.840. The van der Waals surface area contributed by atoms with Crippen LogP contribution in [0.25, 0.3) is 0 Å². The van der Waals surface area contributed by atoms with Gasteiger partial charge in [0.05, 0.1) is 13.0 Å². The molecular weight excluding hydrogens is 288 g/mol. The lowest BCUT2D eigenvalue weighted by Gasteiger charge is -2.32. The highest BCUT2D eigenvalue weighted by atomic mass is 16.5. The van der Waals surface area contributed by atoms with E-state index in [1.54, 1.807) is 0 Å². The number of hydrogen-bond donors (Lipinski definition) is 1. The second kappa shape index (κ2) is 8.92. The van der Waals surface area contributed by atoms with Crippen LogP contribution in [0.3, 0.4) is 0 Å². The molecule has 0 spiro atoms. The van der Waals surface area contributed by atoms with Crippen LogP contribution in [0, 0.1) is 13.8 Å². The Bertz CT molecular complexity index is 508. The average molecular weight is 318 g/mol. The maximum absolute atomic E-state index is 12.1. The Hall–Kier alpha value is -1.55. The summed E-state index contributed by atoms with van der Waals surface area (Å²) in [5.41, 5.74) is 2.29. The summed E-state index contributed by atoms with van der Waals surface area (Å²) in [7, 11) is 0. The summed E-state index contributed by atoms with van der Waals surface area (Å²) < 4.78 is 5.76. The third-order valence-corrected chi connectivity index (χ3v) is 4.42. The molecule has 0 saturated carbocycles. The van der Waals surface area contributed by atoms with Crippen molar-refractivity contribution in [3.05, 3.63) is 29.3 Å². The number of carbonyl (C=O) groups is 1. The number of piperidine rings is 1. The molecule has 1 aliphatic heterocycles. The Morgan fingerprint density at radius 1 is 1.30 bits per heavy atom. The molecule has 0 atom stereocenters. The van der Waals surface area contributed by atoms with Crippen LogP contribution in [0.5, 0.6) is 5.75 Å².